The summed E-state index contributed by atoms with van der Waals surface area (Å²) in [4.78, 5) is 23.9. The molecule has 3 amide bonds. The minimum Gasteiger partial charge on any atom is -0.490 e. The number of hydrogen-bond acceptors (Lipinski definition) is 5. The number of imide groups is 1. The van der Waals surface area contributed by atoms with Gasteiger partial charge in [-0.15, -0.1) is 0 Å². The smallest absolute Gasteiger partial charge is 0.328 e. The minimum absolute atomic E-state index is 0.00614. The summed E-state index contributed by atoms with van der Waals surface area (Å²) >= 11 is 0. The Balaban J connectivity index is 1.71. The number of nitrogens with zero attached hydrogens (tertiary/aromatic N) is 1. The van der Waals surface area contributed by atoms with Crippen molar-refractivity contribution < 1.29 is 18.7 Å². The second-order valence-electron chi connectivity index (χ2n) is 7.25. The van der Waals surface area contributed by atoms with Crippen LogP contribution in [0.4, 0.5) is 14.9 Å². The Morgan fingerprint density at radius 1 is 1.43 bits per heavy atom. The van der Waals surface area contributed by atoms with Crippen molar-refractivity contribution in [3.63, 3.8) is 0 Å². The van der Waals surface area contributed by atoms with Gasteiger partial charge in [0.05, 0.1) is 5.69 Å². The Morgan fingerprint density at radius 3 is 2.89 bits per heavy atom. The van der Waals surface area contributed by atoms with Crippen molar-refractivity contribution in [3.8, 4) is 5.75 Å². The number of urea groups is 1. The molecule has 3 N–H and O–H groups in total. The number of nitrogens with one attached hydrogen (secondary N) is 3. The predicted octanol–water partition coefficient (Wildman–Crippen LogP) is 3.17. The van der Waals surface area contributed by atoms with Gasteiger partial charge in [-0.3, -0.25) is 15.0 Å². The van der Waals surface area contributed by atoms with Gasteiger partial charge in [-0.05, 0) is 45.2 Å². The van der Waals surface area contributed by atoms with Gasteiger partial charge in [-0.2, -0.15) is 0 Å². The Labute approximate surface area is 167 Å². The van der Waals surface area contributed by atoms with Gasteiger partial charge >= 0.3 is 6.03 Å². The van der Waals surface area contributed by atoms with Gasteiger partial charge in [0, 0.05) is 17.8 Å². The number of benzene rings is 1. The first-order chi connectivity index (χ1) is 13.2. The lowest BCUT2D eigenvalue weighted by Crippen LogP contribution is -2.42. The largest absolute Gasteiger partial charge is 0.490 e. The summed E-state index contributed by atoms with van der Waals surface area (Å²) in [5.41, 5.74) is 7.11. The molecule has 0 aliphatic carbocycles. The number of ether oxygens (including phenoxy) is 1. The fourth-order valence-corrected chi connectivity index (χ4v) is 2.68. The molecule has 0 aromatic heterocycles. The average Bonchev–Trinajstić information content (AvgIpc) is 2.96. The topological polar surface area (TPSA) is 82.7 Å². The lowest BCUT2D eigenvalue weighted by atomic mass is 9.98. The van der Waals surface area contributed by atoms with Gasteiger partial charge in [-0.1, -0.05) is 21.4 Å². The minimum atomic E-state index is -1.09. The lowest BCUT2D eigenvalue weighted by molar-refractivity contribution is -0.118. The molecule has 2 rings (SSSR count). The number of allylic oxidation sites excluding steroid dienone is 1. The van der Waals surface area contributed by atoms with Crippen molar-refractivity contribution in [2.75, 3.05) is 18.6 Å². The molecule has 0 radical (unpaired) electrons. The van der Waals surface area contributed by atoms with E-state index in [1.54, 1.807) is 18.3 Å². The van der Waals surface area contributed by atoms with Crippen LogP contribution < -0.4 is 20.9 Å². The molecule has 1 aromatic carbocycles. The second-order valence-corrected chi connectivity index (χ2v) is 7.97. The third-order valence-electron chi connectivity index (χ3n) is 4.07. The van der Waals surface area contributed by atoms with Crippen molar-refractivity contribution in [2.45, 2.75) is 44.6 Å². The number of amides is 3. The van der Waals surface area contributed by atoms with E-state index in [1.165, 1.54) is 4.90 Å². The summed E-state index contributed by atoms with van der Waals surface area (Å²) in [6.45, 7) is 4.24. The van der Waals surface area contributed by atoms with E-state index in [0.29, 0.717) is 5.75 Å². The fraction of sp³-hybridized carbons (Fsp3) is 0.474. The molecule has 154 valence electrons. The van der Waals surface area contributed by atoms with E-state index in [9.17, 15) is 14.0 Å². The van der Waals surface area contributed by atoms with Gasteiger partial charge in [0.15, 0.2) is 0 Å². The van der Waals surface area contributed by atoms with Crippen molar-refractivity contribution in [1.82, 2.24) is 15.6 Å². The van der Waals surface area contributed by atoms with Crippen molar-refractivity contribution in [1.29, 1.82) is 0 Å². The molecule has 2 atom stereocenters. The molecule has 2 unspecified atom stereocenters. The maximum absolute atomic E-state index is 12.9. The second kappa shape index (κ2) is 10.4. The number of hydrogen-bond donors (Lipinski definition) is 3. The van der Waals surface area contributed by atoms with Crippen LogP contribution in [0.2, 0.25) is 0 Å². The average molecular weight is 410 g/mol. The number of carbonyl (C=O) groups is 2. The number of hydrazine groups is 1. The van der Waals surface area contributed by atoms with E-state index in [0.717, 1.165) is 24.9 Å². The molecule has 7 nitrogen and oxygen atoms in total. The Bertz CT molecular complexity index is 712. The normalized spacial score (nSPS) is 15.8. The summed E-state index contributed by atoms with van der Waals surface area (Å²) in [6, 6.07) is 6.95. The lowest BCUT2D eigenvalue weighted by Gasteiger charge is -2.27. The Morgan fingerprint density at radius 2 is 2.21 bits per heavy atom. The van der Waals surface area contributed by atoms with E-state index < -0.39 is 5.91 Å². The summed E-state index contributed by atoms with van der Waals surface area (Å²) in [6.07, 6.45) is 6.15. The van der Waals surface area contributed by atoms with Crippen molar-refractivity contribution in [2.24, 2.45) is 0 Å². The molecule has 1 aliphatic rings. The molecular weight excluding hydrogens is 382 g/mol. The summed E-state index contributed by atoms with van der Waals surface area (Å²) in [5.74, 6) is -0.772. The number of alkyl halides is 1. The zero-order chi connectivity index (χ0) is 20.6. The number of rotatable bonds is 11. The molecule has 1 aliphatic heterocycles. The number of carbonyl (C=O) groups excluding carboxylic acids is 2. The van der Waals surface area contributed by atoms with Crippen LogP contribution in [0.25, 0.3) is 0 Å². The van der Waals surface area contributed by atoms with Gasteiger partial charge in [0.2, 0.25) is 5.91 Å². The van der Waals surface area contributed by atoms with E-state index in [-0.39, 0.29) is 30.6 Å². The van der Waals surface area contributed by atoms with Crippen LogP contribution in [0.15, 0.2) is 36.5 Å². The molecule has 1 heterocycles. The highest BCUT2D eigenvalue weighted by Gasteiger charge is 2.24. The van der Waals surface area contributed by atoms with Crippen LogP contribution in [-0.2, 0) is 4.79 Å². The number of unbranched alkanes of at least 4 members (excludes halogenated alkanes) is 1. The maximum atomic E-state index is 12.9. The van der Waals surface area contributed by atoms with Crippen LogP contribution >= 0.6 is 9.24 Å². The van der Waals surface area contributed by atoms with Gasteiger partial charge in [0.25, 0.3) is 0 Å². The number of halogens is 1. The molecule has 0 spiro atoms. The summed E-state index contributed by atoms with van der Waals surface area (Å²) in [7, 11) is 2.06. The molecular formula is C19H28FN4O3P. The molecule has 0 saturated carbocycles. The molecule has 1 aromatic rings. The highest BCUT2D eigenvalue weighted by molar-refractivity contribution is 7.17. The third kappa shape index (κ3) is 7.82. The first-order valence-electron chi connectivity index (χ1n) is 9.18. The molecule has 9 heteroatoms. The highest BCUT2D eigenvalue weighted by Crippen LogP contribution is 2.19. The molecule has 28 heavy (non-hydrogen) atoms. The van der Waals surface area contributed by atoms with Gasteiger partial charge in [-0.25, -0.2) is 14.6 Å². The predicted molar refractivity (Wildman–Crippen MR) is 111 cm³/mol. The molecule has 1 fully saturated rings. The quantitative estimate of drug-likeness (QED) is 0.226. The zero-order valence-corrected chi connectivity index (χ0v) is 17.4. The van der Waals surface area contributed by atoms with E-state index >= 15 is 0 Å². The van der Waals surface area contributed by atoms with Crippen LogP contribution in [0, 0.1) is 0 Å². The standard InChI is InChI=1S/C19H28FN4O3P/c1-19(2,9-4-3-5-10-24-12-17(25)21-18(24)26)23-22-14-7-6-8-15(11-14)27-13-16(20)28/h5-8,10-11,16,22-23H,3-4,9,12-13,28H2,1-2H3,(H,21,25,26)/b10-5+. The Kier molecular flexibility index (Phi) is 8.20. The van der Waals surface area contributed by atoms with E-state index in [4.69, 9.17) is 4.74 Å². The zero-order valence-electron chi connectivity index (χ0n) is 16.2. The van der Waals surface area contributed by atoms with Gasteiger partial charge in [0.1, 0.15) is 24.8 Å². The van der Waals surface area contributed by atoms with Crippen molar-refractivity contribution in [3.05, 3.63) is 36.5 Å². The monoisotopic (exact) mass is 410 g/mol. The molecule has 1 saturated heterocycles. The maximum Gasteiger partial charge on any atom is 0.328 e. The van der Waals surface area contributed by atoms with Gasteiger partial charge < -0.3 is 10.2 Å². The van der Waals surface area contributed by atoms with E-state index in [2.05, 4.69) is 39.3 Å². The SMILES string of the molecule is CC(C)(CCC/C=C/N1CC(=O)NC1=O)NNc1cccc(OCC(F)P)c1. The van der Waals surface area contributed by atoms with Crippen LogP contribution in [-0.4, -0.2) is 41.4 Å². The highest BCUT2D eigenvalue weighted by atomic mass is 31.0. The van der Waals surface area contributed by atoms with Crippen LogP contribution in [0.5, 0.6) is 5.75 Å². The van der Waals surface area contributed by atoms with E-state index in [1.807, 2.05) is 18.2 Å². The summed E-state index contributed by atoms with van der Waals surface area (Å²) < 4.78 is 18.2. The van der Waals surface area contributed by atoms with Crippen LogP contribution in [0.3, 0.4) is 0 Å². The number of anilines is 1. The first-order valence-corrected chi connectivity index (χ1v) is 9.85. The Hall–Kier alpha value is -2.18. The fourth-order valence-electron chi connectivity index (χ4n) is 2.58. The summed E-state index contributed by atoms with van der Waals surface area (Å²) in [5, 5.41) is 2.23. The first kappa shape index (κ1) is 22.1. The third-order valence-corrected chi connectivity index (χ3v) is 4.26. The molecule has 0 bridgehead atoms. The van der Waals surface area contributed by atoms with Crippen molar-refractivity contribution >= 4 is 26.9 Å². The van der Waals surface area contributed by atoms with Crippen LogP contribution in [0.1, 0.15) is 33.1 Å².